The Morgan fingerprint density at radius 3 is 2.81 bits per heavy atom. The van der Waals surface area contributed by atoms with E-state index >= 15 is 0 Å². The number of para-hydroxylation sites is 1. The number of allylic oxidation sites excluding steroid dienone is 5. The zero-order valence-electron chi connectivity index (χ0n) is 18.1. The summed E-state index contributed by atoms with van der Waals surface area (Å²) in [6, 6.07) is 9.37. The lowest BCUT2D eigenvalue weighted by molar-refractivity contribution is -0.121. The average molecular weight is 424 g/mol. The minimum absolute atomic E-state index is 0.104. The lowest BCUT2D eigenvalue weighted by Gasteiger charge is -2.11. The van der Waals surface area contributed by atoms with Crippen molar-refractivity contribution in [1.82, 2.24) is 5.32 Å². The first-order chi connectivity index (χ1) is 15.1. The zero-order valence-corrected chi connectivity index (χ0v) is 18.1. The molecule has 1 saturated carbocycles. The fourth-order valence-corrected chi connectivity index (χ4v) is 3.46. The standard InChI is InChI=1S/C26H33NO4/c28-22(19-31-23-9-5-3-6-10-23)15-16-24-21(14-17-25(24)29)8-4-1-2-7-11-26(30)27-18-20-12-13-20/h1,3-6,9-10,14,16,20,22,28H,2,7-8,11-13,15,17-19H2,(H,27,30)/b4-1-,24-16?/t22-/m1/s1. The molecule has 0 aromatic heterocycles. The second kappa shape index (κ2) is 12.3. The Hall–Kier alpha value is -2.66. The van der Waals surface area contributed by atoms with Crippen LogP contribution in [0, 0.1) is 5.92 Å². The van der Waals surface area contributed by atoms with E-state index in [0.29, 0.717) is 37.2 Å². The number of Topliss-reactive ketones (excluding diaryl/α,β-unsaturated/α-hetero) is 1. The molecule has 0 spiro atoms. The molecule has 1 amide bonds. The third-order valence-corrected chi connectivity index (χ3v) is 5.52. The first kappa shape index (κ1) is 23.0. The molecule has 0 aliphatic heterocycles. The fraction of sp³-hybridized carbons (Fsp3) is 0.462. The van der Waals surface area contributed by atoms with Crippen molar-refractivity contribution in [2.45, 2.75) is 57.5 Å². The van der Waals surface area contributed by atoms with E-state index in [0.717, 1.165) is 30.7 Å². The van der Waals surface area contributed by atoms with E-state index in [-0.39, 0.29) is 18.3 Å². The Bertz CT molecular complexity index is 821. The minimum Gasteiger partial charge on any atom is -0.491 e. The summed E-state index contributed by atoms with van der Waals surface area (Å²) >= 11 is 0. The quantitative estimate of drug-likeness (QED) is 0.282. The highest BCUT2D eigenvalue weighted by Crippen LogP contribution is 2.27. The summed E-state index contributed by atoms with van der Waals surface area (Å²) in [4.78, 5) is 23.9. The highest BCUT2D eigenvalue weighted by molar-refractivity contribution is 6.03. The van der Waals surface area contributed by atoms with Crippen molar-refractivity contribution in [2.75, 3.05) is 13.2 Å². The molecule has 5 heteroatoms. The summed E-state index contributed by atoms with van der Waals surface area (Å²) < 4.78 is 5.57. The summed E-state index contributed by atoms with van der Waals surface area (Å²) in [6.07, 6.45) is 13.5. The minimum atomic E-state index is -0.663. The summed E-state index contributed by atoms with van der Waals surface area (Å²) in [5.41, 5.74) is 1.72. The summed E-state index contributed by atoms with van der Waals surface area (Å²) in [5, 5.41) is 13.2. The number of carbonyl (C=O) groups is 2. The number of nitrogens with one attached hydrogen (secondary N) is 1. The second-order valence-corrected chi connectivity index (χ2v) is 8.30. The van der Waals surface area contributed by atoms with Gasteiger partial charge in [0, 0.05) is 25.0 Å². The second-order valence-electron chi connectivity index (χ2n) is 8.30. The van der Waals surface area contributed by atoms with Gasteiger partial charge in [-0.05, 0) is 62.1 Å². The van der Waals surface area contributed by atoms with E-state index in [1.165, 1.54) is 12.8 Å². The van der Waals surface area contributed by atoms with Gasteiger partial charge in [-0.25, -0.2) is 0 Å². The highest BCUT2D eigenvalue weighted by atomic mass is 16.5. The van der Waals surface area contributed by atoms with E-state index < -0.39 is 6.10 Å². The molecule has 3 rings (SSSR count). The van der Waals surface area contributed by atoms with Crippen LogP contribution in [0.4, 0.5) is 0 Å². The first-order valence-electron chi connectivity index (χ1n) is 11.3. The molecular weight excluding hydrogens is 390 g/mol. The molecule has 0 heterocycles. The normalized spacial score (nSPS) is 18.4. The maximum atomic E-state index is 12.2. The monoisotopic (exact) mass is 423 g/mol. The molecule has 1 aromatic carbocycles. The number of ketones is 1. The largest absolute Gasteiger partial charge is 0.491 e. The van der Waals surface area contributed by atoms with Crippen LogP contribution in [0.25, 0.3) is 0 Å². The van der Waals surface area contributed by atoms with Crippen LogP contribution < -0.4 is 10.1 Å². The predicted octanol–water partition coefficient (Wildman–Crippen LogP) is 4.28. The summed E-state index contributed by atoms with van der Waals surface area (Å²) in [7, 11) is 0. The van der Waals surface area contributed by atoms with Crippen molar-refractivity contribution in [3.05, 3.63) is 65.8 Å². The van der Waals surface area contributed by atoms with Crippen LogP contribution in [0.5, 0.6) is 5.75 Å². The van der Waals surface area contributed by atoms with Gasteiger partial charge in [-0.15, -0.1) is 0 Å². The number of hydrogen-bond donors (Lipinski definition) is 2. The number of benzene rings is 1. The topological polar surface area (TPSA) is 75.6 Å². The number of unbranched alkanes of at least 4 members (excludes halogenated alkanes) is 1. The molecule has 31 heavy (non-hydrogen) atoms. The van der Waals surface area contributed by atoms with Gasteiger partial charge in [-0.3, -0.25) is 9.59 Å². The molecular formula is C26H33NO4. The number of rotatable bonds is 13. The summed E-state index contributed by atoms with van der Waals surface area (Å²) in [5.74, 6) is 1.68. The molecule has 2 aliphatic rings. The maximum Gasteiger partial charge on any atom is 0.220 e. The SMILES string of the molecule is O=C(CCC/C=C\CC1=CCC(=O)C1=CC[C@@H](O)COc1ccccc1)NCC1CC1. The average Bonchev–Trinajstić information content (AvgIpc) is 3.55. The number of amides is 1. The molecule has 0 bridgehead atoms. The van der Waals surface area contributed by atoms with Gasteiger partial charge < -0.3 is 15.2 Å². The van der Waals surface area contributed by atoms with Gasteiger partial charge in [0.2, 0.25) is 5.91 Å². The molecule has 1 aromatic rings. The number of hydrogen-bond acceptors (Lipinski definition) is 4. The lowest BCUT2D eigenvalue weighted by Crippen LogP contribution is -2.24. The van der Waals surface area contributed by atoms with Crippen molar-refractivity contribution in [3.8, 4) is 5.75 Å². The van der Waals surface area contributed by atoms with Crippen LogP contribution in [-0.4, -0.2) is 36.1 Å². The van der Waals surface area contributed by atoms with E-state index in [2.05, 4.69) is 17.5 Å². The Morgan fingerprint density at radius 2 is 2.03 bits per heavy atom. The third kappa shape index (κ3) is 8.54. The van der Waals surface area contributed by atoms with E-state index in [9.17, 15) is 14.7 Å². The number of aliphatic hydroxyl groups excluding tert-OH is 1. The molecule has 5 nitrogen and oxygen atoms in total. The van der Waals surface area contributed by atoms with Gasteiger partial charge in [0.15, 0.2) is 5.78 Å². The van der Waals surface area contributed by atoms with Crippen LogP contribution in [0.3, 0.4) is 0 Å². The summed E-state index contributed by atoms with van der Waals surface area (Å²) in [6.45, 7) is 1.02. The molecule has 0 unspecified atom stereocenters. The van der Waals surface area contributed by atoms with E-state index in [4.69, 9.17) is 4.74 Å². The molecule has 2 aliphatic carbocycles. The molecule has 1 fully saturated rings. The number of carbonyl (C=O) groups excluding carboxylic acids is 2. The van der Waals surface area contributed by atoms with Gasteiger partial charge >= 0.3 is 0 Å². The Morgan fingerprint density at radius 1 is 1.23 bits per heavy atom. The zero-order chi connectivity index (χ0) is 21.9. The van der Waals surface area contributed by atoms with Crippen molar-refractivity contribution in [1.29, 1.82) is 0 Å². The van der Waals surface area contributed by atoms with Gasteiger partial charge in [-0.2, -0.15) is 0 Å². The Kier molecular flexibility index (Phi) is 9.10. The van der Waals surface area contributed by atoms with Gasteiger partial charge in [0.25, 0.3) is 0 Å². The van der Waals surface area contributed by atoms with Crippen LogP contribution in [-0.2, 0) is 9.59 Å². The van der Waals surface area contributed by atoms with Crippen molar-refractivity contribution >= 4 is 11.7 Å². The van der Waals surface area contributed by atoms with Crippen LogP contribution in [0.1, 0.15) is 51.4 Å². The third-order valence-electron chi connectivity index (χ3n) is 5.52. The van der Waals surface area contributed by atoms with Gasteiger partial charge in [0.05, 0.1) is 6.10 Å². The fourth-order valence-electron chi connectivity index (χ4n) is 3.46. The Labute approximate surface area is 184 Å². The molecule has 2 N–H and O–H groups in total. The molecule has 166 valence electrons. The highest BCUT2D eigenvalue weighted by Gasteiger charge is 2.21. The number of ether oxygens (including phenoxy) is 1. The molecule has 1 atom stereocenters. The van der Waals surface area contributed by atoms with E-state index in [1.54, 1.807) is 0 Å². The Balaban J connectivity index is 1.34. The van der Waals surface area contributed by atoms with Gasteiger partial charge in [-0.1, -0.05) is 42.5 Å². The lowest BCUT2D eigenvalue weighted by atomic mass is 10.0. The number of aliphatic hydroxyl groups is 1. The molecule has 0 radical (unpaired) electrons. The van der Waals surface area contributed by atoms with E-state index in [1.807, 2.05) is 42.5 Å². The molecule has 0 saturated heterocycles. The predicted molar refractivity (Wildman–Crippen MR) is 122 cm³/mol. The van der Waals surface area contributed by atoms with Crippen LogP contribution >= 0.6 is 0 Å². The van der Waals surface area contributed by atoms with Crippen LogP contribution in [0.2, 0.25) is 0 Å². The van der Waals surface area contributed by atoms with Crippen molar-refractivity contribution in [3.63, 3.8) is 0 Å². The van der Waals surface area contributed by atoms with Crippen molar-refractivity contribution in [2.24, 2.45) is 5.92 Å². The van der Waals surface area contributed by atoms with Crippen molar-refractivity contribution < 1.29 is 19.4 Å². The van der Waals surface area contributed by atoms with Crippen LogP contribution in [0.15, 0.2) is 65.8 Å². The maximum absolute atomic E-state index is 12.2. The van der Waals surface area contributed by atoms with Gasteiger partial charge in [0.1, 0.15) is 12.4 Å². The first-order valence-corrected chi connectivity index (χ1v) is 11.3. The smallest absolute Gasteiger partial charge is 0.220 e.